The Morgan fingerprint density at radius 1 is 0.400 bits per heavy atom. The summed E-state index contributed by atoms with van der Waals surface area (Å²) in [7, 11) is 5.79. The molecule has 0 bridgehead atoms. The Morgan fingerprint density at radius 3 is 0.846 bits per heavy atom. The van der Waals surface area contributed by atoms with Crippen LogP contribution in [0, 0.1) is 0 Å². The van der Waals surface area contributed by atoms with Gasteiger partial charge in [0.15, 0.2) is 0 Å². The molecular formula is C43H93N7O14S. The summed E-state index contributed by atoms with van der Waals surface area (Å²) in [5.41, 5.74) is 0. The fraction of sp³-hybridized carbons (Fsp3) is 0.930. The zero-order valence-corrected chi connectivity index (χ0v) is 42.6. The number of nitrogens with zero attached hydrogens (tertiary/aromatic N) is 7. The zero-order valence-electron chi connectivity index (χ0n) is 41.8. The van der Waals surface area contributed by atoms with Gasteiger partial charge in [-0.2, -0.15) is 23.4 Å². The smallest absolute Gasteiger partial charge is 0.396 e. The molecule has 1 aromatic rings. The second kappa shape index (κ2) is 51.2. The van der Waals surface area contributed by atoms with Crippen LogP contribution in [0.4, 0.5) is 17.8 Å². The summed E-state index contributed by atoms with van der Waals surface area (Å²) in [6.45, 7) is 9.21. The highest BCUT2D eigenvalue weighted by Crippen LogP contribution is 2.20. The van der Waals surface area contributed by atoms with Crippen LogP contribution in [0.5, 0.6) is 0 Å². The Hall–Kier alpha value is -2.16. The molecule has 22 heteroatoms. The molecule has 0 spiro atoms. The first-order valence-electron chi connectivity index (χ1n) is 23.2. The molecule has 0 aromatic carbocycles. The van der Waals surface area contributed by atoms with E-state index in [0.717, 1.165) is 6.42 Å². The van der Waals surface area contributed by atoms with Gasteiger partial charge in [-0.3, -0.25) is 19.6 Å². The van der Waals surface area contributed by atoms with Crippen LogP contribution >= 0.6 is 0 Å². The number of aromatic nitrogens is 3. The van der Waals surface area contributed by atoms with E-state index in [4.69, 9.17) is 48.8 Å². The van der Waals surface area contributed by atoms with Crippen molar-refractivity contribution in [2.45, 2.75) is 124 Å². The molecular weight excluding hydrogens is 871 g/mol. The van der Waals surface area contributed by atoms with Crippen LogP contribution in [0.15, 0.2) is 0 Å². The fourth-order valence-corrected chi connectivity index (χ4v) is 6.55. The van der Waals surface area contributed by atoms with Crippen molar-refractivity contribution >= 4 is 28.2 Å². The highest BCUT2D eigenvalue weighted by molar-refractivity contribution is 7.81. The van der Waals surface area contributed by atoms with Gasteiger partial charge in [0.05, 0.1) is 33.0 Å². The van der Waals surface area contributed by atoms with Crippen molar-refractivity contribution in [3.05, 3.63) is 0 Å². The van der Waals surface area contributed by atoms with E-state index < -0.39 is 10.4 Å². The SMILES string of the molecule is CCCCCCCCCCCCCCCCCCO.CCOS(=O)(=O)OCC.COCN(COC)c1nc(N(COC)COC)nc(N(COC)COC)n1.OCCN(CCO)CCO. The summed E-state index contributed by atoms with van der Waals surface area (Å²) < 4.78 is 60.5. The lowest BCUT2D eigenvalue weighted by atomic mass is 10.0. The van der Waals surface area contributed by atoms with Crippen LogP contribution in [0.2, 0.25) is 0 Å². The van der Waals surface area contributed by atoms with Crippen molar-refractivity contribution in [3.63, 3.8) is 0 Å². The standard InChI is InChI=1S/C18H38O.C15H30N6O6.C6H15NO3.C4H10O4S/c1-2-3-4-5-6-7-8-9-10-11-12-13-14-15-16-17-18-19;1-22-7-19(8-23-2)13-16-14(20(9-24-3)10-25-4)18-15(17-13)21(11-26-5)12-27-6;8-4-1-7(2-5-9)3-6-10;1-3-7-9(5,6)8-4-2/h19H,2-18H2,1H3;7-12H2,1-6H3;8-10H,1-6H2;3-4H2,1-2H3. The topological polar surface area (TPSA) is 241 Å². The van der Waals surface area contributed by atoms with Gasteiger partial charge in [-0.05, 0) is 20.3 Å². The van der Waals surface area contributed by atoms with E-state index in [1.807, 2.05) is 0 Å². The van der Waals surface area contributed by atoms with Crippen LogP contribution in [0.1, 0.15) is 124 Å². The molecule has 1 aromatic heterocycles. The summed E-state index contributed by atoms with van der Waals surface area (Å²) in [5, 5.41) is 34.1. The molecule has 0 saturated heterocycles. The molecule has 0 atom stereocenters. The quantitative estimate of drug-likeness (QED) is 0.0513. The predicted octanol–water partition coefficient (Wildman–Crippen LogP) is 4.72. The van der Waals surface area contributed by atoms with E-state index >= 15 is 0 Å². The molecule has 0 aliphatic rings. The molecule has 0 saturated carbocycles. The number of rotatable bonds is 41. The molecule has 0 unspecified atom stereocenters. The minimum Gasteiger partial charge on any atom is -0.396 e. The van der Waals surface area contributed by atoms with Crippen LogP contribution in [0.25, 0.3) is 0 Å². The average molecular weight is 964 g/mol. The van der Waals surface area contributed by atoms with Crippen LogP contribution in [0.3, 0.4) is 0 Å². The number of aliphatic hydroxyl groups is 4. The van der Waals surface area contributed by atoms with Gasteiger partial charge in [0, 0.05) is 68.9 Å². The Bertz CT molecular complexity index is 1080. The monoisotopic (exact) mass is 964 g/mol. The first-order chi connectivity index (χ1) is 31.5. The minimum atomic E-state index is -3.68. The molecule has 65 heavy (non-hydrogen) atoms. The van der Waals surface area contributed by atoms with Crippen LogP contribution < -0.4 is 14.7 Å². The lowest BCUT2D eigenvalue weighted by Crippen LogP contribution is -2.36. The van der Waals surface area contributed by atoms with E-state index in [-0.39, 0.29) is 73.4 Å². The maximum absolute atomic E-state index is 10.4. The van der Waals surface area contributed by atoms with Gasteiger partial charge in [0.1, 0.15) is 40.4 Å². The van der Waals surface area contributed by atoms with E-state index in [0.29, 0.717) is 44.1 Å². The largest absolute Gasteiger partial charge is 0.399 e. The predicted molar refractivity (Wildman–Crippen MR) is 255 cm³/mol. The maximum Gasteiger partial charge on any atom is 0.399 e. The number of hydrogen-bond acceptors (Lipinski definition) is 21. The Morgan fingerprint density at radius 2 is 0.646 bits per heavy atom. The number of ether oxygens (including phenoxy) is 6. The van der Waals surface area contributed by atoms with E-state index in [1.165, 1.54) is 96.3 Å². The summed E-state index contributed by atoms with van der Waals surface area (Å²) in [5.74, 6) is 1.11. The molecule has 21 nitrogen and oxygen atoms in total. The van der Waals surface area contributed by atoms with Crippen molar-refractivity contribution in [1.82, 2.24) is 19.9 Å². The number of methoxy groups -OCH3 is 6. The second-order valence-corrected chi connectivity index (χ2v) is 15.9. The van der Waals surface area contributed by atoms with Crippen LogP contribution in [-0.2, 0) is 47.2 Å². The van der Waals surface area contributed by atoms with Gasteiger partial charge in [0.25, 0.3) is 0 Å². The zero-order chi connectivity index (χ0) is 49.2. The average Bonchev–Trinajstić information content (AvgIpc) is 3.28. The summed E-state index contributed by atoms with van der Waals surface area (Å²) >= 11 is 0. The normalized spacial score (nSPS) is 11.0. The molecule has 390 valence electrons. The van der Waals surface area contributed by atoms with Crippen LogP contribution in [-0.4, -0.2) is 191 Å². The second-order valence-electron chi connectivity index (χ2n) is 14.6. The number of hydrogen-bond donors (Lipinski definition) is 4. The van der Waals surface area contributed by atoms with Crippen molar-refractivity contribution in [2.24, 2.45) is 0 Å². The van der Waals surface area contributed by atoms with Gasteiger partial charge < -0.3 is 48.8 Å². The lowest BCUT2D eigenvalue weighted by molar-refractivity contribution is 0.134. The first kappa shape index (κ1) is 67.1. The number of aliphatic hydroxyl groups excluding tert-OH is 4. The van der Waals surface area contributed by atoms with Gasteiger partial charge >= 0.3 is 10.4 Å². The fourth-order valence-electron chi connectivity index (χ4n) is 5.90. The summed E-state index contributed by atoms with van der Waals surface area (Å²) in [6, 6.07) is 0. The molecule has 0 radical (unpaired) electrons. The molecule has 4 N–H and O–H groups in total. The molecule has 0 aliphatic heterocycles. The van der Waals surface area contributed by atoms with Crippen molar-refractivity contribution in [1.29, 1.82) is 0 Å². The number of unbranched alkanes of at least 4 members (excludes halogenated alkanes) is 15. The Balaban J connectivity index is -0.000000873. The Labute approximate surface area is 393 Å². The van der Waals surface area contributed by atoms with Crippen molar-refractivity contribution in [3.8, 4) is 0 Å². The number of anilines is 3. The van der Waals surface area contributed by atoms with E-state index in [1.54, 1.807) is 76.1 Å². The summed E-state index contributed by atoms with van der Waals surface area (Å²) in [4.78, 5) is 20.5. The van der Waals surface area contributed by atoms with Gasteiger partial charge in [0.2, 0.25) is 17.8 Å². The van der Waals surface area contributed by atoms with Gasteiger partial charge in [-0.25, -0.2) is 8.37 Å². The van der Waals surface area contributed by atoms with Gasteiger partial charge in [-0.1, -0.05) is 103 Å². The van der Waals surface area contributed by atoms with Gasteiger partial charge in [-0.15, -0.1) is 0 Å². The lowest BCUT2D eigenvalue weighted by Gasteiger charge is -2.27. The molecule has 0 aliphatic carbocycles. The van der Waals surface area contributed by atoms with E-state index in [9.17, 15) is 8.42 Å². The minimum absolute atomic E-state index is 0.0694. The third-order valence-electron chi connectivity index (χ3n) is 8.94. The first-order valence-corrected chi connectivity index (χ1v) is 24.5. The van der Waals surface area contributed by atoms with E-state index in [2.05, 4.69) is 30.2 Å². The Kier molecular flexibility index (Phi) is 52.9. The summed E-state index contributed by atoms with van der Waals surface area (Å²) in [6.07, 6.45) is 22.2. The third kappa shape index (κ3) is 41.7. The molecule has 1 heterocycles. The molecule has 0 fully saturated rings. The highest BCUT2D eigenvalue weighted by atomic mass is 32.3. The third-order valence-corrected chi connectivity index (χ3v) is 9.99. The maximum atomic E-state index is 10.4. The molecule has 1 rings (SSSR count). The van der Waals surface area contributed by atoms with Crippen molar-refractivity contribution < 1.29 is 65.6 Å². The van der Waals surface area contributed by atoms with Crippen molar-refractivity contribution in [2.75, 3.05) is 157 Å². The highest BCUT2D eigenvalue weighted by Gasteiger charge is 2.21. The molecule has 0 amide bonds.